The van der Waals surface area contributed by atoms with Crippen LogP contribution in [0.25, 0.3) is 0 Å². The van der Waals surface area contributed by atoms with Crippen LogP contribution < -0.4 is 29.6 Å². The van der Waals surface area contributed by atoms with Gasteiger partial charge in [0.15, 0.2) is 0 Å². The summed E-state index contributed by atoms with van der Waals surface area (Å²) in [5, 5.41) is 9.23. The van der Waals surface area contributed by atoms with Gasteiger partial charge in [-0.3, -0.25) is 9.45 Å². The molecule has 13 heavy (non-hydrogen) atoms. The van der Waals surface area contributed by atoms with Crippen molar-refractivity contribution in [3.63, 3.8) is 0 Å². The molecule has 1 unspecified atom stereocenters. The number of nitrogens with zero attached hydrogens (tertiary/aromatic N) is 1. The van der Waals surface area contributed by atoms with Crippen molar-refractivity contribution in [2.45, 2.75) is 20.1 Å². The van der Waals surface area contributed by atoms with Gasteiger partial charge >= 0.3 is 29.6 Å². The average Bonchev–Trinajstić information content (AvgIpc) is 1.85. The Morgan fingerprint density at radius 1 is 1.38 bits per heavy atom. The van der Waals surface area contributed by atoms with Crippen LogP contribution in [0.2, 0.25) is 0 Å². The fourth-order valence-electron chi connectivity index (χ4n) is 0.939. The van der Waals surface area contributed by atoms with E-state index < -0.39 is 22.1 Å². The first-order valence-corrected chi connectivity index (χ1v) is 5.39. The van der Waals surface area contributed by atoms with E-state index in [9.17, 15) is 13.5 Å². The largest absolute Gasteiger partial charge is 1.00 e. The maximum Gasteiger partial charge on any atom is 1.00 e. The van der Waals surface area contributed by atoms with E-state index in [-0.39, 0.29) is 31.0 Å². The summed E-state index contributed by atoms with van der Waals surface area (Å²) in [7, 11) is -4.08. The van der Waals surface area contributed by atoms with Crippen LogP contribution in [0.3, 0.4) is 0 Å². The molecule has 0 radical (unpaired) electrons. The molecule has 0 saturated carbocycles. The summed E-state index contributed by atoms with van der Waals surface area (Å²) in [5.41, 5.74) is 0. The van der Waals surface area contributed by atoms with Crippen LogP contribution in [0.4, 0.5) is 0 Å². The van der Waals surface area contributed by atoms with Gasteiger partial charge in [-0.05, 0) is 13.1 Å². The van der Waals surface area contributed by atoms with E-state index in [4.69, 9.17) is 4.55 Å². The normalized spacial score (nSPS) is 13.9. The summed E-state index contributed by atoms with van der Waals surface area (Å²) in [6.45, 7) is 4.70. The molecule has 7 heteroatoms. The average molecular weight is 221 g/mol. The SMILES string of the molecule is CCN(CC)C(O)CS(=O)(=O)O.[H-].[Na+]. The third-order valence-corrected chi connectivity index (χ3v) is 2.31. The standard InChI is InChI=1S/C6H15NO4S.Na.H/c1-3-7(4-2)6(8)5-12(9,10)11;;/h6,8H,3-5H2,1-2H3,(H,9,10,11);;/q;+1;-1. The fraction of sp³-hybridized carbons (Fsp3) is 1.00. The zero-order valence-electron chi connectivity index (χ0n) is 9.27. The van der Waals surface area contributed by atoms with Gasteiger partial charge < -0.3 is 6.53 Å². The first kappa shape index (κ1) is 16.3. The van der Waals surface area contributed by atoms with Crippen LogP contribution in [-0.4, -0.2) is 48.0 Å². The molecule has 0 rings (SSSR count). The Kier molecular flexibility index (Phi) is 8.97. The quantitative estimate of drug-likeness (QED) is 0.288. The summed E-state index contributed by atoms with van der Waals surface area (Å²) in [5.74, 6) is -0.630. The van der Waals surface area contributed by atoms with Crippen molar-refractivity contribution in [3.05, 3.63) is 0 Å². The van der Waals surface area contributed by atoms with Crippen molar-refractivity contribution >= 4 is 10.1 Å². The second-order valence-corrected chi connectivity index (χ2v) is 3.95. The number of hydrogen-bond acceptors (Lipinski definition) is 4. The molecule has 0 spiro atoms. The Morgan fingerprint density at radius 3 is 2.00 bits per heavy atom. The van der Waals surface area contributed by atoms with Crippen LogP contribution in [0.5, 0.6) is 0 Å². The molecule has 0 aliphatic carbocycles. The third-order valence-electron chi connectivity index (χ3n) is 1.59. The van der Waals surface area contributed by atoms with Crippen molar-refractivity contribution in [2.75, 3.05) is 18.8 Å². The maximum atomic E-state index is 10.3. The van der Waals surface area contributed by atoms with Crippen molar-refractivity contribution in [1.82, 2.24) is 4.90 Å². The number of aliphatic hydroxyl groups is 1. The van der Waals surface area contributed by atoms with Gasteiger partial charge in [0.05, 0.1) is 0 Å². The minimum absolute atomic E-state index is 0. The predicted molar refractivity (Wildman–Crippen MR) is 46.5 cm³/mol. The molecule has 0 saturated heterocycles. The summed E-state index contributed by atoms with van der Waals surface area (Å²) in [6.07, 6.45) is -1.12. The molecule has 76 valence electrons. The second-order valence-electron chi connectivity index (χ2n) is 2.45. The van der Waals surface area contributed by atoms with E-state index in [2.05, 4.69) is 0 Å². The molecule has 0 aromatic heterocycles. The topological polar surface area (TPSA) is 77.8 Å². The van der Waals surface area contributed by atoms with Crippen LogP contribution >= 0.6 is 0 Å². The zero-order chi connectivity index (χ0) is 9.78. The molecule has 0 aromatic rings. The van der Waals surface area contributed by atoms with Gasteiger partial charge in [0, 0.05) is 0 Å². The van der Waals surface area contributed by atoms with E-state index >= 15 is 0 Å². The maximum absolute atomic E-state index is 10.3. The molecular formula is C6H16NNaO4S. The zero-order valence-corrected chi connectivity index (χ0v) is 11.1. The third kappa shape index (κ3) is 7.87. The second kappa shape index (κ2) is 7.17. The Bertz CT molecular complexity index is 220. The van der Waals surface area contributed by atoms with Crippen molar-refractivity contribution in [3.8, 4) is 0 Å². The van der Waals surface area contributed by atoms with E-state index in [1.54, 1.807) is 13.8 Å². The molecule has 0 fully saturated rings. The molecular weight excluding hydrogens is 205 g/mol. The number of rotatable bonds is 5. The van der Waals surface area contributed by atoms with Gasteiger partial charge in [0.1, 0.15) is 12.0 Å². The Morgan fingerprint density at radius 2 is 1.77 bits per heavy atom. The minimum atomic E-state index is -4.08. The summed E-state index contributed by atoms with van der Waals surface area (Å²) < 4.78 is 29.1. The predicted octanol–water partition coefficient (Wildman–Crippen LogP) is -3.35. The summed E-state index contributed by atoms with van der Waals surface area (Å²) in [6, 6.07) is 0. The Balaban J connectivity index is -0.000000605. The molecule has 5 nitrogen and oxygen atoms in total. The smallest absolute Gasteiger partial charge is 1.00 e. The summed E-state index contributed by atoms with van der Waals surface area (Å²) in [4.78, 5) is 1.54. The van der Waals surface area contributed by atoms with Gasteiger partial charge in [-0.25, -0.2) is 0 Å². The molecule has 0 aliphatic heterocycles. The van der Waals surface area contributed by atoms with Gasteiger partial charge in [-0.2, -0.15) is 8.42 Å². The van der Waals surface area contributed by atoms with Crippen LogP contribution in [0, 0.1) is 0 Å². The molecule has 0 bridgehead atoms. The van der Waals surface area contributed by atoms with Gasteiger partial charge in [-0.1, -0.05) is 13.8 Å². The first-order valence-electron chi connectivity index (χ1n) is 3.78. The van der Waals surface area contributed by atoms with E-state index in [0.29, 0.717) is 13.1 Å². The van der Waals surface area contributed by atoms with Crippen molar-refractivity contribution in [2.24, 2.45) is 0 Å². The van der Waals surface area contributed by atoms with Crippen molar-refractivity contribution in [1.29, 1.82) is 0 Å². The van der Waals surface area contributed by atoms with Gasteiger partial charge in [0.25, 0.3) is 10.1 Å². The molecule has 0 amide bonds. The van der Waals surface area contributed by atoms with Gasteiger partial charge in [-0.15, -0.1) is 0 Å². The van der Waals surface area contributed by atoms with Crippen LogP contribution in [0.1, 0.15) is 15.3 Å². The van der Waals surface area contributed by atoms with E-state index in [0.717, 1.165) is 0 Å². The fourth-order valence-corrected chi connectivity index (χ4v) is 1.53. The van der Waals surface area contributed by atoms with Crippen LogP contribution in [0.15, 0.2) is 0 Å². The molecule has 0 heterocycles. The van der Waals surface area contributed by atoms with Gasteiger partial charge in [0.2, 0.25) is 0 Å². The van der Waals surface area contributed by atoms with E-state index in [1.165, 1.54) is 4.90 Å². The summed E-state index contributed by atoms with van der Waals surface area (Å²) >= 11 is 0. The van der Waals surface area contributed by atoms with Crippen molar-refractivity contribution < 1.29 is 49.1 Å². The molecule has 0 aromatic carbocycles. The minimum Gasteiger partial charge on any atom is -1.00 e. The van der Waals surface area contributed by atoms with Crippen LogP contribution in [-0.2, 0) is 10.1 Å². The molecule has 1 atom stereocenters. The number of hydrogen-bond donors (Lipinski definition) is 2. The monoisotopic (exact) mass is 221 g/mol. The van der Waals surface area contributed by atoms with E-state index in [1.807, 2.05) is 0 Å². The Hall–Kier alpha value is 0.830. The molecule has 2 N–H and O–H groups in total. The molecule has 0 aliphatic rings. The number of aliphatic hydroxyl groups excluding tert-OH is 1. The first-order chi connectivity index (χ1) is 5.40. The Labute approximate surface area is 103 Å².